The minimum Gasteiger partial charge on any atom is -0.381 e. The molecule has 1 spiro atoms. The van der Waals surface area contributed by atoms with Crippen molar-refractivity contribution in [2.75, 3.05) is 13.2 Å². The van der Waals surface area contributed by atoms with Gasteiger partial charge in [-0.25, -0.2) is 0 Å². The van der Waals surface area contributed by atoms with E-state index in [-0.39, 0.29) is 5.91 Å². The molecule has 108 valence electrons. The standard InChI is InChI=1S/C17H23NO2/c1-12-3-4-14(13(2)11-12)16(19)18-15-5-6-17(15)7-9-20-10-8-17/h3-4,11,15H,5-10H2,1-2H3,(H,18,19)/t15-/m0/s1. The SMILES string of the molecule is Cc1ccc(C(=O)N[C@H]2CCC23CCOCC3)c(C)c1. The number of hydrogen-bond donors (Lipinski definition) is 1. The zero-order chi connectivity index (χ0) is 14.2. The molecule has 3 rings (SSSR count). The van der Waals surface area contributed by atoms with E-state index in [0.29, 0.717) is 11.5 Å². The lowest BCUT2D eigenvalue weighted by molar-refractivity contribution is -0.0523. The summed E-state index contributed by atoms with van der Waals surface area (Å²) in [6, 6.07) is 6.35. The molecule has 1 N–H and O–H groups in total. The fraction of sp³-hybridized carbons (Fsp3) is 0.588. The number of nitrogens with one attached hydrogen (secondary N) is 1. The van der Waals surface area contributed by atoms with Crippen molar-refractivity contribution in [2.24, 2.45) is 5.41 Å². The minimum absolute atomic E-state index is 0.0815. The lowest BCUT2D eigenvalue weighted by atomic mass is 9.60. The highest BCUT2D eigenvalue weighted by atomic mass is 16.5. The van der Waals surface area contributed by atoms with Crippen LogP contribution in [0.4, 0.5) is 0 Å². The third-order valence-electron chi connectivity index (χ3n) is 5.09. The Hall–Kier alpha value is -1.35. The summed E-state index contributed by atoms with van der Waals surface area (Å²) in [6.45, 7) is 5.75. The molecule has 2 aliphatic rings. The second-order valence-electron chi connectivity index (χ2n) is 6.36. The van der Waals surface area contributed by atoms with Gasteiger partial charge in [-0.1, -0.05) is 17.7 Å². The third-order valence-corrected chi connectivity index (χ3v) is 5.09. The molecule has 0 radical (unpaired) electrons. The van der Waals surface area contributed by atoms with Crippen LogP contribution in [0.25, 0.3) is 0 Å². The summed E-state index contributed by atoms with van der Waals surface area (Å²) in [5.74, 6) is 0.0815. The first-order chi connectivity index (χ1) is 9.61. The summed E-state index contributed by atoms with van der Waals surface area (Å²) in [5, 5.41) is 3.26. The number of hydrogen-bond acceptors (Lipinski definition) is 2. The van der Waals surface area contributed by atoms with E-state index in [2.05, 4.69) is 18.3 Å². The molecule has 3 heteroatoms. The predicted octanol–water partition coefficient (Wildman–Crippen LogP) is 2.99. The zero-order valence-corrected chi connectivity index (χ0v) is 12.4. The van der Waals surface area contributed by atoms with E-state index in [0.717, 1.165) is 43.6 Å². The smallest absolute Gasteiger partial charge is 0.251 e. The predicted molar refractivity (Wildman–Crippen MR) is 78.9 cm³/mol. The van der Waals surface area contributed by atoms with Crippen LogP contribution < -0.4 is 5.32 Å². The van der Waals surface area contributed by atoms with Crippen LogP contribution in [0, 0.1) is 19.3 Å². The number of carbonyl (C=O) groups is 1. The van der Waals surface area contributed by atoms with Crippen molar-refractivity contribution in [1.29, 1.82) is 0 Å². The second-order valence-corrected chi connectivity index (χ2v) is 6.36. The van der Waals surface area contributed by atoms with Gasteiger partial charge in [-0.2, -0.15) is 0 Å². The molecule has 1 aliphatic heterocycles. The summed E-state index contributed by atoms with van der Waals surface area (Å²) in [6.07, 6.45) is 4.51. The summed E-state index contributed by atoms with van der Waals surface area (Å²) < 4.78 is 5.46. The van der Waals surface area contributed by atoms with Crippen molar-refractivity contribution in [3.63, 3.8) is 0 Å². The molecule has 1 aromatic carbocycles. The van der Waals surface area contributed by atoms with Crippen LogP contribution >= 0.6 is 0 Å². The number of carbonyl (C=O) groups excluding carboxylic acids is 1. The van der Waals surface area contributed by atoms with E-state index in [4.69, 9.17) is 4.74 Å². The lowest BCUT2D eigenvalue weighted by Gasteiger charge is -2.52. The topological polar surface area (TPSA) is 38.3 Å². The molecule has 2 fully saturated rings. The van der Waals surface area contributed by atoms with E-state index in [1.54, 1.807) is 0 Å². The molecular formula is C17H23NO2. The van der Waals surface area contributed by atoms with Gasteiger partial charge in [0.1, 0.15) is 0 Å². The Balaban J connectivity index is 1.70. The molecular weight excluding hydrogens is 250 g/mol. The number of benzene rings is 1. The van der Waals surface area contributed by atoms with Crippen molar-refractivity contribution >= 4 is 5.91 Å². The number of aryl methyl sites for hydroxylation is 2. The molecule has 0 unspecified atom stereocenters. The maximum Gasteiger partial charge on any atom is 0.251 e. The van der Waals surface area contributed by atoms with Crippen molar-refractivity contribution in [2.45, 2.75) is 45.6 Å². The number of rotatable bonds is 2. The van der Waals surface area contributed by atoms with E-state index in [1.165, 1.54) is 12.0 Å². The largest absolute Gasteiger partial charge is 0.381 e. The van der Waals surface area contributed by atoms with Crippen LogP contribution in [0.5, 0.6) is 0 Å². The van der Waals surface area contributed by atoms with Crippen LogP contribution in [0.1, 0.15) is 47.2 Å². The Bertz CT molecular complexity index is 518. The molecule has 1 heterocycles. The van der Waals surface area contributed by atoms with Crippen LogP contribution in [-0.2, 0) is 4.74 Å². The Morgan fingerprint density at radius 3 is 2.60 bits per heavy atom. The first-order valence-electron chi connectivity index (χ1n) is 7.57. The first-order valence-corrected chi connectivity index (χ1v) is 7.57. The molecule has 0 aromatic heterocycles. The second kappa shape index (κ2) is 5.21. The van der Waals surface area contributed by atoms with Crippen molar-refractivity contribution in [1.82, 2.24) is 5.32 Å². The van der Waals surface area contributed by atoms with Gasteiger partial charge in [0.2, 0.25) is 0 Å². The third kappa shape index (κ3) is 2.35. The van der Waals surface area contributed by atoms with Gasteiger partial charge in [0, 0.05) is 24.8 Å². The molecule has 1 aliphatic carbocycles. The van der Waals surface area contributed by atoms with Gasteiger partial charge in [-0.3, -0.25) is 4.79 Å². The minimum atomic E-state index is 0.0815. The summed E-state index contributed by atoms with van der Waals surface area (Å²) in [7, 11) is 0. The van der Waals surface area contributed by atoms with E-state index < -0.39 is 0 Å². The highest BCUT2D eigenvalue weighted by molar-refractivity contribution is 5.96. The van der Waals surface area contributed by atoms with Crippen molar-refractivity contribution < 1.29 is 9.53 Å². The van der Waals surface area contributed by atoms with Gasteiger partial charge < -0.3 is 10.1 Å². The summed E-state index contributed by atoms with van der Waals surface area (Å²) in [5.41, 5.74) is 3.38. The molecule has 1 saturated heterocycles. The van der Waals surface area contributed by atoms with E-state index >= 15 is 0 Å². The van der Waals surface area contributed by atoms with Gasteiger partial charge in [0.25, 0.3) is 5.91 Å². The van der Waals surface area contributed by atoms with E-state index in [1.807, 2.05) is 19.1 Å². The van der Waals surface area contributed by atoms with Gasteiger partial charge in [0.05, 0.1) is 0 Å². The highest BCUT2D eigenvalue weighted by Crippen LogP contribution is 2.48. The Morgan fingerprint density at radius 1 is 1.25 bits per heavy atom. The van der Waals surface area contributed by atoms with Gasteiger partial charge in [0.15, 0.2) is 0 Å². The summed E-state index contributed by atoms with van der Waals surface area (Å²) >= 11 is 0. The number of amides is 1. The van der Waals surface area contributed by atoms with Crippen molar-refractivity contribution in [3.05, 3.63) is 34.9 Å². The average Bonchev–Trinajstić information content (AvgIpc) is 2.44. The molecule has 0 bridgehead atoms. The highest BCUT2D eigenvalue weighted by Gasteiger charge is 2.48. The Morgan fingerprint density at radius 2 is 2.00 bits per heavy atom. The van der Waals surface area contributed by atoms with Gasteiger partial charge in [-0.15, -0.1) is 0 Å². The van der Waals surface area contributed by atoms with Crippen LogP contribution in [0.2, 0.25) is 0 Å². The first kappa shape index (κ1) is 13.6. The van der Waals surface area contributed by atoms with Crippen LogP contribution in [0.15, 0.2) is 18.2 Å². The van der Waals surface area contributed by atoms with Gasteiger partial charge >= 0.3 is 0 Å². The average molecular weight is 273 g/mol. The lowest BCUT2D eigenvalue weighted by Crippen LogP contribution is -2.57. The molecule has 20 heavy (non-hydrogen) atoms. The van der Waals surface area contributed by atoms with Crippen LogP contribution in [0.3, 0.4) is 0 Å². The summed E-state index contributed by atoms with van der Waals surface area (Å²) in [4.78, 5) is 12.5. The van der Waals surface area contributed by atoms with Gasteiger partial charge in [-0.05, 0) is 56.6 Å². The monoisotopic (exact) mass is 273 g/mol. The molecule has 1 amide bonds. The quantitative estimate of drug-likeness (QED) is 0.899. The normalized spacial score (nSPS) is 24.2. The molecule has 1 aromatic rings. The Labute approximate surface area is 120 Å². The molecule has 1 saturated carbocycles. The van der Waals surface area contributed by atoms with Crippen LogP contribution in [-0.4, -0.2) is 25.2 Å². The van der Waals surface area contributed by atoms with Crippen molar-refractivity contribution in [3.8, 4) is 0 Å². The number of ether oxygens (including phenoxy) is 1. The fourth-order valence-corrected chi connectivity index (χ4v) is 3.60. The maximum atomic E-state index is 12.5. The molecule has 1 atom stereocenters. The molecule has 3 nitrogen and oxygen atoms in total. The van der Waals surface area contributed by atoms with E-state index in [9.17, 15) is 4.79 Å². The Kier molecular flexibility index (Phi) is 3.55. The zero-order valence-electron chi connectivity index (χ0n) is 12.4. The fourth-order valence-electron chi connectivity index (χ4n) is 3.60. The maximum absolute atomic E-state index is 12.5.